The predicted octanol–water partition coefficient (Wildman–Crippen LogP) is 1.64. The zero-order chi connectivity index (χ0) is 7.56. The van der Waals surface area contributed by atoms with E-state index in [-0.39, 0.29) is 6.10 Å². The first-order valence-electron chi connectivity index (χ1n) is 3.90. The summed E-state index contributed by atoms with van der Waals surface area (Å²) in [5, 5.41) is 0. The summed E-state index contributed by atoms with van der Waals surface area (Å²) >= 11 is 0. The number of ether oxygens (including phenoxy) is 1. The summed E-state index contributed by atoms with van der Waals surface area (Å²) in [5.41, 5.74) is 1.14. The maximum absolute atomic E-state index is 5.46. The van der Waals surface area contributed by atoms with Crippen LogP contribution in [0.3, 0.4) is 0 Å². The minimum Gasteiger partial charge on any atom is -0.370 e. The average Bonchev–Trinajstić information content (AvgIpc) is 1.95. The van der Waals surface area contributed by atoms with Gasteiger partial charge in [-0.15, -0.1) is 0 Å². The molecule has 1 heterocycles. The van der Waals surface area contributed by atoms with Gasteiger partial charge in [0.2, 0.25) is 0 Å². The van der Waals surface area contributed by atoms with Crippen LogP contribution in [-0.4, -0.2) is 24.5 Å². The average molecular weight is 141 g/mol. The molecular weight excluding hydrogens is 126 g/mol. The lowest BCUT2D eigenvalue weighted by Gasteiger charge is -2.23. The summed E-state index contributed by atoms with van der Waals surface area (Å²) in [6.45, 7) is 7.02. The van der Waals surface area contributed by atoms with Crippen LogP contribution < -0.4 is 0 Å². The van der Waals surface area contributed by atoms with Crippen molar-refractivity contribution in [3.05, 3.63) is 0 Å². The molecule has 58 valence electrons. The van der Waals surface area contributed by atoms with Crippen molar-refractivity contribution >= 4 is 5.71 Å². The number of hydrogen-bond acceptors (Lipinski definition) is 2. The number of hydrogen-bond donors (Lipinski definition) is 0. The van der Waals surface area contributed by atoms with Crippen LogP contribution in [0.5, 0.6) is 0 Å². The Balaban J connectivity index is 2.56. The Hall–Kier alpha value is -0.370. The molecular formula is C8H15NO. The Labute approximate surface area is 62.3 Å². The number of aliphatic imine (C=N–C) groups is 1. The Kier molecular flexibility index (Phi) is 2.44. The molecule has 0 bridgehead atoms. The lowest BCUT2D eigenvalue weighted by atomic mass is 10.2. The van der Waals surface area contributed by atoms with E-state index in [9.17, 15) is 0 Å². The molecule has 2 unspecified atom stereocenters. The molecule has 0 saturated heterocycles. The molecule has 1 aliphatic heterocycles. The lowest BCUT2D eigenvalue weighted by molar-refractivity contribution is 0.0846. The quantitative estimate of drug-likeness (QED) is 0.544. The standard InChI is InChI=1S/C8H15NO/c1-4-8-5-10-7(3)6(2)9-8/h7-8H,4-5H2,1-3H3. The summed E-state index contributed by atoms with van der Waals surface area (Å²) in [4.78, 5) is 4.47. The van der Waals surface area contributed by atoms with Crippen LogP contribution in [0.4, 0.5) is 0 Å². The van der Waals surface area contributed by atoms with Crippen molar-refractivity contribution in [2.75, 3.05) is 6.61 Å². The van der Waals surface area contributed by atoms with E-state index < -0.39 is 0 Å². The summed E-state index contributed by atoms with van der Waals surface area (Å²) < 4.78 is 5.46. The van der Waals surface area contributed by atoms with E-state index in [4.69, 9.17) is 4.74 Å². The van der Waals surface area contributed by atoms with Gasteiger partial charge in [-0.1, -0.05) is 6.92 Å². The highest BCUT2D eigenvalue weighted by atomic mass is 16.5. The summed E-state index contributed by atoms with van der Waals surface area (Å²) in [6.07, 6.45) is 1.33. The molecule has 2 atom stereocenters. The Morgan fingerprint density at radius 3 is 2.90 bits per heavy atom. The van der Waals surface area contributed by atoms with Gasteiger partial charge < -0.3 is 4.74 Å². The fraction of sp³-hybridized carbons (Fsp3) is 0.875. The maximum Gasteiger partial charge on any atom is 0.0921 e. The second-order valence-electron chi connectivity index (χ2n) is 2.81. The van der Waals surface area contributed by atoms with Gasteiger partial charge in [-0.05, 0) is 20.3 Å². The van der Waals surface area contributed by atoms with Crippen molar-refractivity contribution in [1.29, 1.82) is 0 Å². The zero-order valence-corrected chi connectivity index (χ0v) is 6.92. The van der Waals surface area contributed by atoms with Crippen LogP contribution in [0, 0.1) is 0 Å². The van der Waals surface area contributed by atoms with Crippen molar-refractivity contribution in [3.63, 3.8) is 0 Å². The second-order valence-corrected chi connectivity index (χ2v) is 2.81. The van der Waals surface area contributed by atoms with Gasteiger partial charge in [-0.25, -0.2) is 0 Å². The van der Waals surface area contributed by atoms with Gasteiger partial charge in [0.25, 0.3) is 0 Å². The van der Waals surface area contributed by atoms with Crippen molar-refractivity contribution in [2.45, 2.75) is 39.3 Å². The first-order valence-corrected chi connectivity index (χ1v) is 3.90. The van der Waals surface area contributed by atoms with E-state index in [1.54, 1.807) is 0 Å². The molecule has 0 aromatic rings. The van der Waals surface area contributed by atoms with Crippen LogP contribution in [0.1, 0.15) is 27.2 Å². The molecule has 0 radical (unpaired) electrons. The Morgan fingerprint density at radius 1 is 1.70 bits per heavy atom. The van der Waals surface area contributed by atoms with Gasteiger partial charge in [-0.2, -0.15) is 0 Å². The highest BCUT2D eigenvalue weighted by Crippen LogP contribution is 2.09. The molecule has 0 N–H and O–H groups in total. The van der Waals surface area contributed by atoms with Crippen molar-refractivity contribution in [1.82, 2.24) is 0 Å². The topological polar surface area (TPSA) is 21.6 Å². The van der Waals surface area contributed by atoms with Gasteiger partial charge >= 0.3 is 0 Å². The van der Waals surface area contributed by atoms with Crippen LogP contribution in [0.2, 0.25) is 0 Å². The van der Waals surface area contributed by atoms with E-state index in [1.807, 2.05) is 13.8 Å². The molecule has 2 heteroatoms. The second kappa shape index (κ2) is 3.15. The van der Waals surface area contributed by atoms with E-state index in [0.29, 0.717) is 6.04 Å². The maximum atomic E-state index is 5.46. The first-order chi connectivity index (χ1) is 4.74. The van der Waals surface area contributed by atoms with Gasteiger partial charge in [0.1, 0.15) is 0 Å². The molecule has 0 aromatic heterocycles. The van der Waals surface area contributed by atoms with E-state index >= 15 is 0 Å². The van der Waals surface area contributed by atoms with Crippen LogP contribution in [-0.2, 0) is 4.74 Å². The minimum atomic E-state index is 0.239. The first kappa shape index (κ1) is 7.73. The van der Waals surface area contributed by atoms with Crippen molar-refractivity contribution in [3.8, 4) is 0 Å². The van der Waals surface area contributed by atoms with Crippen molar-refractivity contribution in [2.24, 2.45) is 4.99 Å². The molecule has 0 aliphatic carbocycles. The Bertz CT molecular complexity index is 142. The number of nitrogens with zero attached hydrogens (tertiary/aromatic N) is 1. The van der Waals surface area contributed by atoms with E-state index in [0.717, 1.165) is 18.7 Å². The van der Waals surface area contributed by atoms with E-state index in [1.165, 1.54) is 0 Å². The predicted molar refractivity (Wildman–Crippen MR) is 42.6 cm³/mol. The molecule has 0 amide bonds. The minimum absolute atomic E-state index is 0.239. The smallest absolute Gasteiger partial charge is 0.0921 e. The van der Waals surface area contributed by atoms with Crippen molar-refractivity contribution < 1.29 is 4.74 Å². The largest absolute Gasteiger partial charge is 0.370 e. The fourth-order valence-electron chi connectivity index (χ4n) is 1.02. The molecule has 10 heavy (non-hydrogen) atoms. The molecule has 2 nitrogen and oxygen atoms in total. The molecule has 0 fully saturated rings. The lowest BCUT2D eigenvalue weighted by Crippen LogP contribution is -2.30. The third kappa shape index (κ3) is 1.57. The van der Waals surface area contributed by atoms with Crippen LogP contribution in [0.25, 0.3) is 0 Å². The normalized spacial score (nSPS) is 33.7. The Morgan fingerprint density at radius 2 is 2.40 bits per heavy atom. The summed E-state index contributed by atoms with van der Waals surface area (Å²) in [5.74, 6) is 0. The molecule has 0 spiro atoms. The molecule has 1 rings (SSSR count). The zero-order valence-electron chi connectivity index (χ0n) is 6.92. The van der Waals surface area contributed by atoms with Gasteiger partial charge in [-0.3, -0.25) is 4.99 Å². The van der Waals surface area contributed by atoms with Crippen LogP contribution >= 0.6 is 0 Å². The third-order valence-corrected chi connectivity index (χ3v) is 1.98. The van der Waals surface area contributed by atoms with Gasteiger partial charge in [0.05, 0.1) is 18.8 Å². The third-order valence-electron chi connectivity index (χ3n) is 1.98. The fourth-order valence-corrected chi connectivity index (χ4v) is 1.02. The molecule has 1 aliphatic rings. The van der Waals surface area contributed by atoms with Gasteiger partial charge in [0, 0.05) is 5.71 Å². The SMILES string of the molecule is CCC1COC(C)C(C)=N1. The molecule has 0 aromatic carbocycles. The summed E-state index contributed by atoms with van der Waals surface area (Å²) in [7, 11) is 0. The number of rotatable bonds is 1. The monoisotopic (exact) mass is 141 g/mol. The highest BCUT2D eigenvalue weighted by Gasteiger charge is 2.16. The highest BCUT2D eigenvalue weighted by molar-refractivity contribution is 5.86. The summed E-state index contributed by atoms with van der Waals surface area (Å²) in [6, 6.07) is 0.413. The van der Waals surface area contributed by atoms with Gasteiger partial charge in [0.15, 0.2) is 0 Å². The molecule has 0 saturated carbocycles. The van der Waals surface area contributed by atoms with Crippen LogP contribution in [0.15, 0.2) is 4.99 Å². The van der Waals surface area contributed by atoms with E-state index in [2.05, 4.69) is 11.9 Å².